The summed E-state index contributed by atoms with van der Waals surface area (Å²) >= 11 is 0. The number of pyridine rings is 2. The number of benzene rings is 1. The average Bonchev–Trinajstić information content (AvgIpc) is 3.11. The third-order valence-corrected chi connectivity index (χ3v) is 4.99. The molecule has 0 aliphatic carbocycles. The van der Waals surface area contributed by atoms with Gasteiger partial charge in [0.2, 0.25) is 0 Å². The van der Waals surface area contributed by atoms with Gasteiger partial charge in [-0.15, -0.1) is 0 Å². The number of aromatic nitrogens is 3. The largest absolute Gasteiger partial charge is 0.417 e. The molecule has 1 N–H and O–H groups in total. The molecule has 3 aromatic heterocycles. The third-order valence-electron chi connectivity index (χ3n) is 4.99. The summed E-state index contributed by atoms with van der Waals surface area (Å²) in [6, 6.07) is 11.4. The van der Waals surface area contributed by atoms with Gasteiger partial charge in [0.25, 0.3) is 5.91 Å². The van der Waals surface area contributed by atoms with Crippen LogP contribution in [0.5, 0.6) is 0 Å². The predicted octanol–water partition coefficient (Wildman–Crippen LogP) is 4.96. The van der Waals surface area contributed by atoms with E-state index in [1.165, 1.54) is 35.0 Å². The zero-order chi connectivity index (χ0) is 23.8. The summed E-state index contributed by atoms with van der Waals surface area (Å²) in [6.45, 7) is 0.0419. The molecule has 1 aromatic carbocycles. The van der Waals surface area contributed by atoms with Crippen molar-refractivity contribution in [3.63, 3.8) is 0 Å². The van der Waals surface area contributed by atoms with E-state index in [1.54, 1.807) is 23.1 Å². The van der Waals surface area contributed by atoms with Crippen LogP contribution in [0.15, 0.2) is 60.9 Å². The molecule has 0 saturated carbocycles. The lowest BCUT2D eigenvalue weighted by molar-refractivity contribution is -0.137. The summed E-state index contributed by atoms with van der Waals surface area (Å²) in [7, 11) is 3.65. The number of carbonyl (C=O) groups is 1. The number of halogens is 4. The van der Waals surface area contributed by atoms with Crippen molar-refractivity contribution in [3.05, 3.63) is 83.6 Å². The summed E-state index contributed by atoms with van der Waals surface area (Å²) in [6.07, 6.45) is -2.38. The number of hydrogen-bond acceptors (Lipinski definition) is 4. The molecule has 0 unspecified atom stereocenters. The van der Waals surface area contributed by atoms with E-state index in [-0.39, 0.29) is 23.3 Å². The van der Waals surface area contributed by atoms with Crippen LogP contribution in [-0.4, -0.2) is 34.5 Å². The first-order valence-corrected chi connectivity index (χ1v) is 9.87. The molecule has 1 amide bonds. The fraction of sp³-hybridized carbons (Fsp3) is 0.174. The second-order valence-corrected chi connectivity index (χ2v) is 7.63. The Morgan fingerprint density at radius 1 is 1.06 bits per heavy atom. The van der Waals surface area contributed by atoms with Crippen molar-refractivity contribution in [2.24, 2.45) is 0 Å². The Kier molecular flexibility index (Phi) is 5.75. The molecule has 0 spiro atoms. The fourth-order valence-electron chi connectivity index (χ4n) is 3.39. The quantitative estimate of drug-likeness (QED) is 0.431. The molecule has 0 saturated heterocycles. The number of nitrogens with one attached hydrogen (secondary N) is 1. The van der Waals surface area contributed by atoms with E-state index in [4.69, 9.17) is 0 Å². The van der Waals surface area contributed by atoms with Gasteiger partial charge in [-0.05, 0) is 42.0 Å². The number of amides is 1. The lowest BCUT2D eigenvalue weighted by Gasteiger charge is -2.13. The van der Waals surface area contributed by atoms with Gasteiger partial charge in [0.1, 0.15) is 23.0 Å². The smallest absolute Gasteiger partial charge is 0.363 e. The van der Waals surface area contributed by atoms with Crippen molar-refractivity contribution in [2.45, 2.75) is 12.7 Å². The van der Waals surface area contributed by atoms with Gasteiger partial charge in [-0.25, -0.2) is 14.4 Å². The lowest BCUT2D eigenvalue weighted by atomic mass is 10.2. The minimum Gasteiger partial charge on any atom is -0.363 e. The van der Waals surface area contributed by atoms with E-state index in [0.29, 0.717) is 17.1 Å². The van der Waals surface area contributed by atoms with E-state index in [9.17, 15) is 22.4 Å². The standard InChI is InChI=1S/C23H19F4N5O/c1-31(2)20-7-6-18(12-28-20)30-22(33)19-10-15-9-16(23(25,26)27)11-29-21(15)32(19)13-14-4-3-5-17(24)8-14/h3-12H,13H2,1-2H3,(H,30,33). The Morgan fingerprint density at radius 3 is 2.48 bits per heavy atom. The normalized spacial score (nSPS) is 11.6. The molecule has 0 aliphatic rings. The van der Waals surface area contributed by atoms with Crippen molar-refractivity contribution in [3.8, 4) is 0 Å². The molecule has 0 bridgehead atoms. The van der Waals surface area contributed by atoms with Crippen LogP contribution in [0.1, 0.15) is 21.6 Å². The van der Waals surface area contributed by atoms with Crippen LogP contribution in [0.4, 0.5) is 29.1 Å². The van der Waals surface area contributed by atoms with Crippen molar-refractivity contribution < 1.29 is 22.4 Å². The van der Waals surface area contributed by atoms with Gasteiger partial charge >= 0.3 is 6.18 Å². The maximum atomic E-state index is 13.7. The van der Waals surface area contributed by atoms with Gasteiger partial charge in [-0.1, -0.05) is 12.1 Å². The molecular weight excluding hydrogens is 438 g/mol. The number of fused-ring (bicyclic) bond motifs is 1. The first kappa shape index (κ1) is 22.3. The van der Waals surface area contributed by atoms with Crippen molar-refractivity contribution in [1.29, 1.82) is 0 Å². The molecule has 4 aromatic rings. The Labute approximate surface area is 186 Å². The zero-order valence-electron chi connectivity index (χ0n) is 17.7. The van der Waals surface area contributed by atoms with Crippen LogP contribution < -0.4 is 10.2 Å². The molecule has 4 rings (SSSR count). The van der Waals surface area contributed by atoms with Gasteiger partial charge in [0, 0.05) is 32.2 Å². The summed E-state index contributed by atoms with van der Waals surface area (Å²) in [4.78, 5) is 23.1. The molecule has 33 heavy (non-hydrogen) atoms. The van der Waals surface area contributed by atoms with Crippen LogP contribution in [-0.2, 0) is 12.7 Å². The topological polar surface area (TPSA) is 63.1 Å². The number of rotatable bonds is 5. The van der Waals surface area contributed by atoms with Crippen LogP contribution in [0.25, 0.3) is 11.0 Å². The molecular formula is C23H19F4N5O. The first-order valence-electron chi connectivity index (χ1n) is 9.87. The number of hydrogen-bond donors (Lipinski definition) is 1. The summed E-state index contributed by atoms with van der Waals surface area (Å²) in [5.74, 6) is -0.330. The second-order valence-electron chi connectivity index (χ2n) is 7.63. The Hall–Kier alpha value is -3.95. The van der Waals surface area contributed by atoms with Crippen molar-refractivity contribution >= 4 is 28.4 Å². The molecule has 6 nitrogen and oxygen atoms in total. The van der Waals surface area contributed by atoms with Gasteiger partial charge in [-0.3, -0.25) is 4.79 Å². The first-order chi connectivity index (χ1) is 15.6. The highest BCUT2D eigenvalue weighted by atomic mass is 19.4. The van der Waals surface area contributed by atoms with Gasteiger partial charge in [-0.2, -0.15) is 13.2 Å². The van der Waals surface area contributed by atoms with Crippen LogP contribution >= 0.6 is 0 Å². The maximum absolute atomic E-state index is 13.7. The van der Waals surface area contributed by atoms with E-state index >= 15 is 0 Å². The predicted molar refractivity (Wildman–Crippen MR) is 117 cm³/mol. The zero-order valence-corrected chi connectivity index (χ0v) is 17.7. The van der Waals surface area contributed by atoms with Crippen LogP contribution in [0.3, 0.4) is 0 Å². The monoisotopic (exact) mass is 457 g/mol. The fourth-order valence-corrected chi connectivity index (χ4v) is 3.39. The van der Waals surface area contributed by atoms with Gasteiger partial charge in [0.05, 0.1) is 17.4 Å². The Morgan fingerprint density at radius 2 is 1.85 bits per heavy atom. The Bertz CT molecular complexity index is 1310. The highest BCUT2D eigenvalue weighted by Gasteiger charge is 2.32. The molecule has 0 atom stereocenters. The van der Waals surface area contributed by atoms with Gasteiger partial charge < -0.3 is 14.8 Å². The van der Waals surface area contributed by atoms with Crippen molar-refractivity contribution in [2.75, 3.05) is 24.3 Å². The summed E-state index contributed by atoms with van der Waals surface area (Å²) in [5.41, 5.74) is 0.280. The van der Waals surface area contributed by atoms with E-state index in [2.05, 4.69) is 15.3 Å². The number of anilines is 2. The maximum Gasteiger partial charge on any atom is 0.417 e. The molecule has 10 heteroatoms. The minimum atomic E-state index is -4.58. The molecule has 0 aliphatic heterocycles. The average molecular weight is 457 g/mol. The number of alkyl halides is 3. The van der Waals surface area contributed by atoms with Crippen LogP contribution in [0, 0.1) is 5.82 Å². The van der Waals surface area contributed by atoms with Gasteiger partial charge in [0.15, 0.2) is 0 Å². The number of nitrogens with zero attached hydrogens (tertiary/aromatic N) is 4. The van der Waals surface area contributed by atoms with E-state index in [0.717, 1.165) is 12.3 Å². The lowest BCUT2D eigenvalue weighted by Crippen LogP contribution is -2.18. The minimum absolute atomic E-state index is 0.0419. The highest BCUT2D eigenvalue weighted by molar-refractivity contribution is 6.06. The third kappa shape index (κ3) is 4.79. The van der Waals surface area contributed by atoms with E-state index in [1.807, 2.05) is 14.1 Å². The molecule has 0 fully saturated rings. The van der Waals surface area contributed by atoms with Crippen molar-refractivity contribution in [1.82, 2.24) is 14.5 Å². The molecule has 170 valence electrons. The Balaban J connectivity index is 1.75. The van der Waals surface area contributed by atoms with Crippen LogP contribution in [0.2, 0.25) is 0 Å². The molecule has 3 heterocycles. The highest BCUT2D eigenvalue weighted by Crippen LogP contribution is 2.31. The summed E-state index contributed by atoms with van der Waals surface area (Å²) < 4.78 is 54.7. The number of carbonyl (C=O) groups excluding carboxylic acids is 1. The molecule has 0 radical (unpaired) electrons. The SMILES string of the molecule is CN(C)c1ccc(NC(=O)c2cc3cc(C(F)(F)F)cnc3n2Cc2cccc(F)c2)cn1. The second kappa shape index (κ2) is 8.53. The van der Waals surface area contributed by atoms with E-state index < -0.39 is 23.5 Å². The summed E-state index contributed by atoms with van der Waals surface area (Å²) in [5, 5.41) is 2.85.